The molecule has 0 aromatic carbocycles. The molecule has 0 rings (SSSR count). The lowest BCUT2D eigenvalue weighted by molar-refractivity contribution is -0.107. The molecule has 0 aliphatic carbocycles. The van der Waals surface area contributed by atoms with Crippen molar-refractivity contribution in [3.63, 3.8) is 0 Å². The predicted octanol–water partition coefficient (Wildman–Crippen LogP) is 1.96. The van der Waals surface area contributed by atoms with Gasteiger partial charge in [0, 0.05) is 6.42 Å². The molecule has 0 saturated carbocycles. The van der Waals surface area contributed by atoms with E-state index in [9.17, 15) is 4.79 Å². The summed E-state index contributed by atoms with van der Waals surface area (Å²) in [6, 6.07) is 0. The highest BCUT2D eigenvalue weighted by Crippen LogP contribution is 1.90. The molecule has 1 nitrogen and oxygen atoms in total. The van der Waals surface area contributed by atoms with Crippen molar-refractivity contribution in [2.45, 2.75) is 20.3 Å². The van der Waals surface area contributed by atoms with E-state index in [2.05, 4.69) is 0 Å². The van der Waals surface area contributed by atoms with Crippen LogP contribution in [-0.4, -0.2) is 18.3 Å². The summed E-state index contributed by atoms with van der Waals surface area (Å²) in [5, 5.41) is 0. The lowest BCUT2D eigenvalue weighted by atomic mass is 10.6. The van der Waals surface area contributed by atoms with Gasteiger partial charge in [-0.05, 0) is 12.0 Å². The molecule has 0 bridgehead atoms. The minimum absolute atomic E-state index is 0.696. The second-order valence-corrected chi connectivity index (χ2v) is 1.93. The van der Waals surface area contributed by atoms with E-state index in [0.717, 1.165) is 12.0 Å². The summed E-state index contributed by atoms with van der Waals surface area (Å²) in [7, 11) is 0. The smallest absolute Gasteiger partial charge is 0.120 e. The van der Waals surface area contributed by atoms with Crippen LogP contribution in [0.15, 0.2) is 0 Å². The molecule has 0 aromatic rings. The minimum Gasteiger partial charge on any atom is -0.303 e. The van der Waals surface area contributed by atoms with Crippen LogP contribution in [0.5, 0.6) is 0 Å². The standard InChI is InChI=1S/C4H8OS.C2H6/c1-6-4-2-3-5;1-2/h3H,2,4H2,1H3;1-2H3. The third-order valence-electron chi connectivity index (χ3n) is 0.440. The summed E-state index contributed by atoms with van der Waals surface area (Å²) in [5.41, 5.74) is 0. The molecule has 0 aromatic heterocycles. The average Bonchev–Trinajstić information content (AvgIpc) is 1.88. The van der Waals surface area contributed by atoms with E-state index in [0.29, 0.717) is 6.42 Å². The average molecular weight is 134 g/mol. The Bertz CT molecular complexity index is 37.5. The van der Waals surface area contributed by atoms with E-state index >= 15 is 0 Å². The Balaban J connectivity index is 0. The SMILES string of the molecule is CC.CSCCC=O. The van der Waals surface area contributed by atoms with Crippen molar-refractivity contribution in [1.29, 1.82) is 0 Å². The molecule has 0 unspecified atom stereocenters. The Morgan fingerprint density at radius 2 is 2.00 bits per heavy atom. The Morgan fingerprint density at radius 1 is 1.50 bits per heavy atom. The molecule has 2 heteroatoms. The van der Waals surface area contributed by atoms with Crippen molar-refractivity contribution in [3.05, 3.63) is 0 Å². The van der Waals surface area contributed by atoms with Gasteiger partial charge in [0.1, 0.15) is 6.29 Å². The monoisotopic (exact) mass is 134 g/mol. The topological polar surface area (TPSA) is 17.1 Å². The maximum Gasteiger partial charge on any atom is 0.120 e. The van der Waals surface area contributed by atoms with Crippen molar-refractivity contribution in [2.24, 2.45) is 0 Å². The molecule has 0 radical (unpaired) electrons. The van der Waals surface area contributed by atoms with E-state index in [1.165, 1.54) is 0 Å². The van der Waals surface area contributed by atoms with Crippen molar-refractivity contribution >= 4 is 18.0 Å². The Hall–Kier alpha value is 0.0200. The number of carbonyl (C=O) groups excluding carboxylic acids is 1. The first-order valence-corrected chi connectivity index (χ1v) is 4.23. The van der Waals surface area contributed by atoms with Crippen LogP contribution in [0.2, 0.25) is 0 Å². The summed E-state index contributed by atoms with van der Waals surface area (Å²) in [4.78, 5) is 9.55. The summed E-state index contributed by atoms with van der Waals surface area (Å²) in [6.45, 7) is 4.00. The zero-order valence-corrected chi connectivity index (χ0v) is 6.62. The number of carbonyl (C=O) groups is 1. The van der Waals surface area contributed by atoms with Crippen LogP contribution in [0.1, 0.15) is 20.3 Å². The van der Waals surface area contributed by atoms with Crippen LogP contribution in [0.25, 0.3) is 0 Å². The molecule has 8 heavy (non-hydrogen) atoms. The molecule has 0 fully saturated rings. The van der Waals surface area contributed by atoms with E-state index in [4.69, 9.17) is 0 Å². The molecule has 0 saturated heterocycles. The molecule has 0 amide bonds. The molecule has 0 spiro atoms. The van der Waals surface area contributed by atoms with Gasteiger partial charge in [-0.1, -0.05) is 13.8 Å². The van der Waals surface area contributed by atoms with Crippen molar-refractivity contribution in [1.82, 2.24) is 0 Å². The normalized spacial score (nSPS) is 6.88. The van der Waals surface area contributed by atoms with Crippen LogP contribution in [-0.2, 0) is 4.79 Å². The highest BCUT2D eigenvalue weighted by molar-refractivity contribution is 7.98. The largest absolute Gasteiger partial charge is 0.303 e. The highest BCUT2D eigenvalue weighted by atomic mass is 32.2. The summed E-state index contributed by atoms with van der Waals surface area (Å²) < 4.78 is 0. The summed E-state index contributed by atoms with van der Waals surface area (Å²) >= 11 is 1.69. The van der Waals surface area contributed by atoms with E-state index in [1.807, 2.05) is 20.1 Å². The lowest BCUT2D eigenvalue weighted by Crippen LogP contribution is -1.75. The summed E-state index contributed by atoms with van der Waals surface area (Å²) in [5.74, 6) is 0.962. The Kier molecular flexibility index (Phi) is 21.5. The minimum atomic E-state index is 0.696. The Labute approximate surface area is 55.9 Å². The molecule has 0 atom stereocenters. The molecular weight excluding hydrogens is 120 g/mol. The van der Waals surface area contributed by atoms with Gasteiger partial charge in [0.25, 0.3) is 0 Å². The van der Waals surface area contributed by atoms with Crippen LogP contribution in [0.3, 0.4) is 0 Å². The third-order valence-corrected chi connectivity index (χ3v) is 1.08. The van der Waals surface area contributed by atoms with Crippen LogP contribution >= 0.6 is 11.8 Å². The molecule has 50 valence electrons. The van der Waals surface area contributed by atoms with Crippen LogP contribution in [0.4, 0.5) is 0 Å². The number of hydrogen-bond donors (Lipinski definition) is 0. The van der Waals surface area contributed by atoms with Gasteiger partial charge in [-0.15, -0.1) is 0 Å². The number of hydrogen-bond acceptors (Lipinski definition) is 2. The molecule has 0 aliphatic heterocycles. The first-order valence-electron chi connectivity index (χ1n) is 2.84. The summed E-state index contributed by atoms with van der Waals surface area (Å²) in [6.07, 6.45) is 3.63. The zero-order chi connectivity index (χ0) is 6.83. The molecule has 0 heterocycles. The number of rotatable bonds is 3. The van der Waals surface area contributed by atoms with Gasteiger partial charge < -0.3 is 4.79 Å². The van der Waals surface area contributed by atoms with Gasteiger partial charge in [-0.2, -0.15) is 11.8 Å². The predicted molar refractivity (Wildman–Crippen MR) is 40.4 cm³/mol. The maximum absolute atomic E-state index is 9.55. The van der Waals surface area contributed by atoms with Gasteiger partial charge in [0.15, 0.2) is 0 Å². The second kappa shape index (κ2) is 15.7. The number of aldehydes is 1. The first kappa shape index (κ1) is 10.9. The van der Waals surface area contributed by atoms with E-state index in [-0.39, 0.29) is 0 Å². The quantitative estimate of drug-likeness (QED) is 0.433. The van der Waals surface area contributed by atoms with Crippen LogP contribution < -0.4 is 0 Å². The van der Waals surface area contributed by atoms with Crippen molar-refractivity contribution in [3.8, 4) is 0 Å². The fourth-order valence-corrected chi connectivity index (χ4v) is 0.498. The molecular formula is C6H14OS. The van der Waals surface area contributed by atoms with Gasteiger partial charge in [-0.25, -0.2) is 0 Å². The third kappa shape index (κ3) is 16.6. The van der Waals surface area contributed by atoms with E-state index in [1.54, 1.807) is 11.8 Å². The van der Waals surface area contributed by atoms with Gasteiger partial charge in [-0.3, -0.25) is 0 Å². The zero-order valence-electron chi connectivity index (χ0n) is 5.81. The van der Waals surface area contributed by atoms with Crippen molar-refractivity contribution < 1.29 is 4.79 Å². The molecule has 0 aliphatic rings. The van der Waals surface area contributed by atoms with Crippen LogP contribution in [0, 0.1) is 0 Å². The van der Waals surface area contributed by atoms with Gasteiger partial charge in [0.2, 0.25) is 0 Å². The molecule has 0 N–H and O–H groups in total. The maximum atomic E-state index is 9.55. The van der Waals surface area contributed by atoms with E-state index < -0.39 is 0 Å². The first-order chi connectivity index (χ1) is 3.91. The Morgan fingerprint density at radius 3 is 2.12 bits per heavy atom. The van der Waals surface area contributed by atoms with Gasteiger partial charge >= 0.3 is 0 Å². The second-order valence-electron chi connectivity index (χ2n) is 0.948. The van der Waals surface area contributed by atoms with Gasteiger partial charge in [0.05, 0.1) is 0 Å². The highest BCUT2D eigenvalue weighted by Gasteiger charge is 1.74. The fourth-order valence-electron chi connectivity index (χ4n) is 0.166. The van der Waals surface area contributed by atoms with Crippen molar-refractivity contribution in [2.75, 3.05) is 12.0 Å². The number of thioether (sulfide) groups is 1. The lowest BCUT2D eigenvalue weighted by Gasteiger charge is -1.79. The fraction of sp³-hybridized carbons (Fsp3) is 0.833.